The van der Waals surface area contributed by atoms with Crippen LogP contribution in [0, 0.1) is 0 Å². The number of aryl methyl sites for hydroxylation is 2. The van der Waals surface area contributed by atoms with Gasteiger partial charge in [-0.1, -0.05) is 0 Å². The van der Waals surface area contributed by atoms with Crippen molar-refractivity contribution in [2.75, 3.05) is 5.73 Å². The number of nitrogens with zero attached hydrogens (tertiary/aromatic N) is 3. The molecule has 7 nitrogen and oxygen atoms in total. The summed E-state index contributed by atoms with van der Waals surface area (Å²) in [6.45, 7) is 1.25. The first-order valence-electron chi connectivity index (χ1n) is 5.22. The van der Waals surface area contributed by atoms with E-state index in [1.54, 1.807) is 12.5 Å². The van der Waals surface area contributed by atoms with Crippen molar-refractivity contribution in [2.24, 2.45) is 0 Å². The molecule has 0 fully saturated rings. The van der Waals surface area contributed by atoms with Crippen LogP contribution in [0.1, 0.15) is 6.42 Å². The van der Waals surface area contributed by atoms with Gasteiger partial charge >= 0.3 is 5.69 Å². The maximum Gasteiger partial charge on any atom is 0.328 e. The fraction of sp³-hybridized carbons (Fsp3) is 0.300. The normalized spacial score (nSPS) is 10.6. The second-order valence-electron chi connectivity index (χ2n) is 3.69. The van der Waals surface area contributed by atoms with Crippen molar-refractivity contribution in [2.45, 2.75) is 19.5 Å². The zero-order chi connectivity index (χ0) is 12.3. The van der Waals surface area contributed by atoms with Gasteiger partial charge in [-0.05, 0) is 6.42 Å². The smallest absolute Gasteiger partial charge is 0.328 e. The van der Waals surface area contributed by atoms with E-state index >= 15 is 0 Å². The average Bonchev–Trinajstić information content (AvgIpc) is 2.78. The Kier molecular flexibility index (Phi) is 3.08. The molecule has 2 aromatic heterocycles. The van der Waals surface area contributed by atoms with Crippen molar-refractivity contribution < 1.29 is 0 Å². The highest BCUT2D eigenvalue weighted by atomic mass is 16.2. The van der Waals surface area contributed by atoms with Crippen LogP contribution in [0.25, 0.3) is 0 Å². The van der Waals surface area contributed by atoms with E-state index in [-0.39, 0.29) is 5.69 Å². The van der Waals surface area contributed by atoms with Crippen LogP contribution in [0.2, 0.25) is 0 Å². The standard InChI is InChI=1S/C10H13N5O2/c11-8-6-15(10(17)13-9(8)16)4-1-3-14-5-2-12-7-14/h2,5-7H,1,3-4,11H2,(H,13,16,17). The van der Waals surface area contributed by atoms with Gasteiger partial charge < -0.3 is 10.3 Å². The third-order valence-corrected chi connectivity index (χ3v) is 2.41. The molecule has 2 rings (SSSR count). The summed E-state index contributed by atoms with van der Waals surface area (Å²) in [7, 11) is 0. The van der Waals surface area contributed by atoms with E-state index in [1.807, 2.05) is 10.8 Å². The summed E-state index contributed by atoms with van der Waals surface area (Å²) in [6, 6.07) is 0. The van der Waals surface area contributed by atoms with E-state index in [4.69, 9.17) is 5.73 Å². The Morgan fingerprint density at radius 3 is 2.88 bits per heavy atom. The topological polar surface area (TPSA) is 98.7 Å². The molecule has 0 aliphatic carbocycles. The molecule has 0 amide bonds. The lowest BCUT2D eigenvalue weighted by atomic mass is 10.4. The zero-order valence-corrected chi connectivity index (χ0v) is 9.17. The molecule has 90 valence electrons. The highest BCUT2D eigenvalue weighted by Crippen LogP contribution is 1.94. The van der Waals surface area contributed by atoms with Crippen molar-refractivity contribution in [3.05, 3.63) is 45.8 Å². The Hall–Kier alpha value is -2.31. The molecule has 0 saturated carbocycles. The van der Waals surface area contributed by atoms with Crippen molar-refractivity contribution in [3.8, 4) is 0 Å². The summed E-state index contributed by atoms with van der Waals surface area (Å²) >= 11 is 0. The monoisotopic (exact) mass is 235 g/mol. The number of hydrogen-bond acceptors (Lipinski definition) is 4. The molecule has 0 aromatic carbocycles. The average molecular weight is 235 g/mol. The summed E-state index contributed by atoms with van der Waals surface area (Å²) in [4.78, 5) is 28.5. The molecule has 2 aromatic rings. The highest BCUT2D eigenvalue weighted by Gasteiger charge is 2.00. The van der Waals surface area contributed by atoms with Crippen molar-refractivity contribution in [1.29, 1.82) is 0 Å². The number of nitrogens with one attached hydrogen (secondary N) is 1. The first-order chi connectivity index (χ1) is 8.16. The molecular weight excluding hydrogens is 222 g/mol. The predicted molar refractivity (Wildman–Crippen MR) is 62.6 cm³/mol. The molecule has 0 unspecified atom stereocenters. The molecular formula is C10H13N5O2. The minimum absolute atomic E-state index is 0.0484. The fourth-order valence-corrected chi connectivity index (χ4v) is 1.53. The summed E-state index contributed by atoms with van der Waals surface area (Å²) in [6.07, 6.45) is 7.38. The van der Waals surface area contributed by atoms with Gasteiger partial charge in [0.25, 0.3) is 5.56 Å². The lowest BCUT2D eigenvalue weighted by molar-refractivity contribution is 0.544. The van der Waals surface area contributed by atoms with Crippen molar-refractivity contribution >= 4 is 5.69 Å². The molecule has 0 aliphatic rings. The molecule has 0 aliphatic heterocycles. The lowest BCUT2D eigenvalue weighted by Crippen LogP contribution is -2.31. The molecule has 17 heavy (non-hydrogen) atoms. The highest BCUT2D eigenvalue weighted by molar-refractivity contribution is 5.30. The van der Waals surface area contributed by atoms with E-state index in [1.165, 1.54) is 10.8 Å². The van der Waals surface area contributed by atoms with Crippen LogP contribution < -0.4 is 17.0 Å². The van der Waals surface area contributed by atoms with Crippen LogP contribution in [0.3, 0.4) is 0 Å². The van der Waals surface area contributed by atoms with Gasteiger partial charge in [-0.3, -0.25) is 14.3 Å². The third kappa shape index (κ3) is 2.63. The SMILES string of the molecule is Nc1cn(CCCn2ccnc2)c(=O)[nH]c1=O. The number of hydrogen-bond donors (Lipinski definition) is 2. The molecule has 0 bridgehead atoms. The zero-order valence-electron chi connectivity index (χ0n) is 9.17. The van der Waals surface area contributed by atoms with Gasteiger partial charge in [0.15, 0.2) is 0 Å². The first-order valence-corrected chi connectivity index (χ1v) is 5.22. The number of H-pyrrole nitrogens is 1. The number of aromatic nitrogens is 4. The van der Waals surface area contributed by atoms with E-state index in [2.05, 4.69) is 9.97 Å². The van der Waals surface area contributed by atoms with Crippen molar-refractivity contribution in [1.82, 2.24) is 19.1 Å². The second-order valence-corrected chi connectivity index (χ2v) is 3.69. The maximum absolute atomic E-state index is 11.4. The number of nitrogens with two attached hydrogens (primary N) is 1. The van der Waals surface area contributed by atoms with Gasteiger partial charge in [-0.15, -0.1) is 0 Å². The van der Waals surface area contributed by atoms with Gasteiger partial charge in [0.1, 0.15) is 5.69 Å². The Bertz CT molecular complexity index is 596. The number of imidazole rings is 1. The molecule has 0 atom stereocenters. The largest absolute Gasteiger partial charge is 0.393 e. The van der Waals surface area contributed by atoms with Crippen LogP contribution in [0.15, 0.2) is 34.5 Å². The number of nitrogen functional groups attached to an aromatic ring is 1. The summed E-state index contributed by atoms with van der Waals surface area (Å²) in [5.74, 6) is 0. The molecule has 0 spiro atoms. The molecule has 2 heterocycles. The van der Waals surface area contributed by atoms with Gasteiger partial charge in [-0.25, -0.2) is 9.78 Å². The van der Waals surface area contributed by atoms with Gasteiger partial charge in [-0.2, -0.15) is 0 Å². The summed E-state index contributed by atoms with van der Waals surface area (Å²) in [5.41, 5.74) is 4.51. The van der Waals surface area contributed by atoms with Crippen LogP contribution >= 0.6 is 0 Å². The van der Waals surface area contributed by atoms with Gasteiger partial charge in [0.05, 0.1) is 6.33 Å². The first kappa shape index (κ1) is 11.2. The molecule has 3 N–H and O–H groups in total. The minimum Gasteiger partial charge on any atom is -0.393 e. The predicted octanol–water partition coefficient (Wildman–Crippen LogP) is -0.594. The third-order valence-electron chi connectivity index (χ3n) is 2.41. The van der Waals surface area contributed by atoms with E-state index in [0.29, 0.717) is 6.54 Å². The van der Waals surface area contributed by atoms with Crippen LogP contribution in [-0.4, -0.2) is 19.1 Å². The minimum atomic E-state index is -0.541. The van der Waals surface area contributed by atoms with Crippen molar-refractivity contribution in [3.63, 3.8) is 0 Å². The summed E-state index contributed by atoms with van der Waals surface area (Å²) in [5, 5.41) is 0. The quantitative estimate of drug-likeness (QED) is 0.739. The molecule has 7 heteroatoms. The lowest BCUT2D eigenvalue weighted by Gasteiger charge is -2.06. The van der Waals surface area contributed by atoms with Crippen LogP contribution in [0.5, 0.6) is 0 Å². The van der Waals surface area contributed by atoms with Gasteiger partial charge in [0, 0.05) is 31.7 Å². The number of rotatable bonds is 4. The summed E-state index contributed by atoms with van der Waals surface area (Å²) < 4.78 is 3.31. The number of anilines is 1. The Morgan fingerprint density at radius 2 is 2.18 bits per heavy atom. The Balaban J connectivity index is 2.02. The van der Waals surface area contributed by atoms with E-state index in [0.717, 1.165) is 13.0 Å². The fourth-order valence-electron chi connectivity index (χ4n) is 1.53. The van der Waals surface area contributed by atoms with Crippen LogP contribution in [-0.2, 0) is 13.1 Å². The van der Waals surface area contributed by atoms with E-state index in [9.17, 15) is 9.59 Å². The number of aromatic amines is 1. The Labute approximate surface area is 96.5 Å². The van der Waals surface area contributed by atoms with E-state index < -0.39 is 11.2 Å². The Morgan fingerprint density at radius 1 is 1.35 bits per heavy atom. The molecule has 0 radical (unpaired) electrons. The van der Waals surface area contributed by atoms with Crippen LogP contribution in [0.4, 0.5) is 5.69 Å². The second kappa shape index (κ2) is 4.69. The molecule has 0 saturated heterocycles. The van der Waals surface area contributed by atoms with Gasteiger partial charge in [0.2, 0.25) is 0 Å². The maximum atomic E-state index is 11.4.